The highest BCUT2D eigenvalue weighted by molar-refractivity contribution is 5.96. The summed E-state index contributed by atoms with van der Waals surface area (Å²) in [7, 11) is 1.58. The smallest absolute Gasteiger partial charge is 0.255 e. The molecule has 2 aromatic rings. The molecule has 0 saturated carbocycles. The summed E-state index contributed by atoms with van der Waals surface area (Å²) in [4.78, 5) is 14.8. The molecule has 0 spiro atoms. The van der Waals surface area contributed by atoms with Gasteiger partial charge in [-0.25, -0.2) is 0 Å². The minimum absolute atomic E-state index is 0.0939. The summed E-state index contributed by atoms with van der Waals surface area (Å²) >= 11 is 0. The second kappa shape index (κ2) is 9.27. The van der Waals surface area contributed by atoms with Crippen molar-refractivity contribution in [1.29, 1.82) is 0 Å². The van der Waals surface area contributed by atoms with E-state index in [-0.39, 0.29) is 5.91 Å². The van der Waals surface area contributed by atoms with Gasteiger partial charge < -0.3 is 15.0 Å². The first-order valence-electron chi connectivity index (χ1n) is 9.53. The molecule has 0 unspecified atom stereocenters. The Morgan fingerprint density at radius 2 is 1.69 bits per heavy atom. The Hall–Kier alpha value is -2.49. The number of nitrogens with zero attached hydrogens (tertiary/aromatic N) is 1. The molecule has 0 atom stereocenters. The number of hydrogen-bond acceptors (Lipinski definition) is 3. The number of anilines is 1. The predicted molar refractivity (Wildman–Crippen MR) is 106 cm³/mol. The second-order valence-electron chi connectivity index (χ2n) is 6.77. The van der Waals surface area contributed by atoms with Crippen LogP contribution < -0.4 is 15.0 Å². The van der Waals surface area contributed by atoms with E-state index in [1.54, 1.807) is 19.2 Å². The number of methoxy groups -OCH3 is 1. The van der Waals surface area contributed by atoms with E-state index in [0.717, 1.165) is 19.5 Å². The maximum Gasteiger partial charge on any atom is 0.255 e. The summed E-state index contributed by atoms with van der Waals surface area (Å²) in [5, 5.41) is 2.98. The van der Waals surface area contributed by atoms with Gasteiger partial charge >= 0.3 is 0 Å². The third kappa shape index (κ3) is 4.78. The molecule has 1 amide bonds. The summed E-state index contributed by atoms with van der Waals surface area (Å²) in [6.07, 6.45) is 6.09. The van der Waals surface area contributed by atoms with Gasteiger partial charge in [0, 0.05) is 25.3 Å². The molecule has 0 radical (unpaired) electrons. The summed E-state index contributed by atoms with van der Waals surface area (Å²) in [6, 6.07) is 16.1. The van der Waals surface area contributed by atoms with E-state index >= 15 is 0 Å². The zero-order chi connectivity index (χ0) is 18.2. The number of rotatable bonds is 6. The van der Waals surface area contributed by atoms with Gasteiger partial charge in [-0.15, -0.1) is 0 Å². The fourth-order valence-corrected chi connectivity index (χ4v) is 3.45. The molecule has 3 rings (SSSR count). The van der Waals surface area contributed by atoms with Crippen molar-refractivity contribution in [2.24, 2.45) is 0 Å². The Bertz CT molecular complexity index is 704. The van der Waals surface area contributed by atoms with Crippen molar-refractivity contribution in [1.82, 2.24) is 5.32 Å². The lowest BCUT2D eigenvalue weighted by atomic mass is 10.1. The lowest BCUT2D eigenvalue weighted by molar-refractivity contribution is 0.0951. The van der Waals surface area contributed by atoms with Crippen LogP contribution in [0.3, 0.4) is 0 Å². The van der Waals surface area contributed by atoms with Crippen LogP contribution in [-0.2, 0) is 6.42 Å². The van der Waals surface area contributed by atoms with Crippen LogP contribution in [0.15, 0.2) is 48.5 Å². The molecule has 0 bridgehead atoms. The normalized spacial score (nSPS) is 14.6. The minimum Gasteiger partial charge on any atom is -0.496 e. The van der Waals surface area contributed by atoms with Crippen molar-refractivity contribution < 1.29 is 9.53 Å². The minimum atomic E-state index is -0.0939. The van der Waals surface area contributed by atoms with Gasteiger partial charge in [-0.05, 0) is 49.1 Å². The molecular formula is C22H28N2O2. The van der Waals surface area contributed by atoms with Gasteiger partial charge in [0.05, 0.1) is 12.7 Å². The van der Waals surface area contributed by atoms with Crippen molar-refractivity contribution >= 4 is 11.6 Å². The SMILES string of the molecule is COc1ccccc1C(=O)NCCc1ccc(N2CCCCCC2)cc1. The van der Waals surface area contributed by atoms with Crippen molar-refractivity contribution in [3.05, 3.63) is 59.7 Å². The first kappa shape index (κ1) is 18.3. The molecule has 26 heavy (non-hydrogen) atoms. The average Bonchev–Trinajstić information content (AvgIpc) is 2.98. The molecule has 4 heteroatoms. The van der Waals surface area contributed by atoms with Gasteiger partial charge in [0.1, 0.15) is 5.75 Å². The van der Waals surface area contributed by atoms with Crippen LogP contribution in [0, 0.1) is 0 Å². The Kier molecular flexibility index (Phi) is 6.53. The molecule has 1 N–H and O–H groups in total. The Labute approximate surface area is 156 Å². The van der Waals surface area contributed by atoms with Crippen LogP contribution in [-0.4, -0.2) is 32.7 Å². The molecule has 1 aliphatic rings. The number of nitrogens with one attached hydrogen (secondary N) is 1. The zero-order valence-corrected chi connectivity index (χ0v) is 15.5. The van der Waals surface area contributed by atoms with E-state index in [1.807, 2.05) is 12.1 Å². The van der Waals surface area contributed by atoms with Gasteiger partial charge in [-0.1, -0.05) is 37.1 Å². The highest BCUT2D eigenvalue weighted by Crippen LogP contribution is 2.20. The van der Waals surface area contributed by atoms with Gasteiger partial charge in [-0.3, -0.25) is 4.79 Å². The van der Waals surface area contributed by atoms with E-state index in [1.165, 1.54) is 36.9 Å². The van der Waals surface area contributed by atoms with E-state index in [9.17, 15) is 4.79 Å². The van der Waals surface area contributed by atoms with Crippen LogP contribution in [0.5, 0.6) is 5.75 Å². The third-order valence-electron chi connectivity index (χ3n) is 4.96. The van der Waals surface area contributed by atoms with E-state index in [4.69, 9.17) is 4.74 Å². The van der Waals surface area contributed by atoms with E-state index < -0.39 is 0 Å². The third-order valence-corrected chi connectivity index (χ3v) is 4.96. The van der Waals surface area contributed by atoms with Crippen molar-refractivity contribution in [3.63, 3.8) is 0 Å². The number of benzene rings is 2. The van der Waals surface area contributed by atoms with E-state index in [2.05, 4.69) is 34.5 Å². The quantitative estimate of drug-likeness (QED) is 0.853. The predicted octanol–water partition coefficient (Wildman–Crippen LogP) is 4.05. The lowest BCUT2D eigenvalue weighted by Gasteiger charge is -2.22. The number of amides is 1. The fraction of sp³-hybridized carbons (Fsp3) is 0.409. The van der Waals surface area contributed by atoms with Crippen LogP contribution in [0.1, 0.15) is 41.6 Å². The van der Waals surface area contributed by atoms with Crippen molar-refractivity contribution in [3.8, 4) is 5.75 Å². The van der Waals surface area contributed by atoms with Crippen LogP contribution >= 0.6 is 0 Å². The Morgan fingerprint density at radius 1 is 1.00 bits per heavy atom. The van der Waals surface area contributed by atoms with E-state index in [0.29, 0.717) is 17.9 Å². The number of carbonyl (C=O) groups is 1. The number of carbonyl (C=O) groups excluding carboxylic acids is 1. The number of para-hydroxylation sites is 1. The van der Waals surface area contributed by atoms with Gasteiger partial charge in [-0.2, -0.15) is 0 Å². The van der Waals surface area contributed by atoms with Crippen LogP contribution in [0.4, 0.5) is 5.69 Å². The molecule has 0 aliphatic carbocycles. The first-order valence-corrected chi connectivity index (χ1v) is 9.53. The fourth-order valence-electron chi connectivity index (χ4n) is 3.45. The summed E-state index contributed by atoms with van der Waals surface area (Å²) < 4.78 is 5.25. The topological polar surface area (TPSA) is 41.6 Å². The summed E-state index contributed by atoms with van der Waals surface area (Å²) in [5.41, 5.74) is 3.13. The lowest BCUT2D eigenvalue weighted by Crippen LogP contribution is -2.26. The number of ether oxygens (including phenoxy) is 1. The second-order valence-corrected chi connectivity index (χ2v) is 6.77. The molecule has 1 aliphatic heterocycles. The zero-order valence-electron chi connectivity index (χ0n) is 15.5. The average molecular weight is 352 g/mol. The molecular weight excluding hydrogens is 324 g/mol. The molecule has 1 saturated heterocycles. The molecule has 0 aromatic heterocycles. The number of hydrogen-bond donors (Lipinski definition) is 1. The molecule has 2 aromatic carbocycles. The maximum atomic E-state index is 12.3. The van der Waals surface area contributed by atoms with Crippen molar-refractivity contribution in [2.45, 2.75) is 32.1 Å². The maximum absolute atomic E-state index is 12.3. The monoisotopic (exact) mass is 352 g/mol. The van der Waals surface area contributed by atoms with Crippen LogP contribution in [0.25, 0.3) is 0 Å². The largest absolute Gasteiger partial charge is 0.496 e. The van der Waals surface area contributed by atoms with Gasteiger partial charge in [0.2, 0.25) is 0 Å². The first-order chi connectivity index (χ1) is 12.8. The molecule has 1 heterocycles. The standard InChI is InChI=1S/C22H28N2O2/c1-26-21-9-5-4-8-20(21)22(25)23-15-14-18-10-12-19(13-11-18)24-16-6-2-3-7-17-24/h4-5,8-13H,2-3,6-7,14-17H2,1H3,(H,23,25). The summed E-state index contributed by atoms with van der Waals surface area (Å²) in [6.45, 7) is 2.93. The van der Waals surface area contributed by atoms with Crippen molar-refractivity contribution in [2.75, 3.05) is 31.6 Å². The highest BCUT2D eigenvalue weighted by atomic mass is 16.5. The molecule has 4 nitrogen and oxygen atoms in total. The van der Waals surface area contributed by atoms with Gasteiger partial charge in [0.15, 0.2) is 0 Å². The van der Waals surface area contributed by atoms with Gasteiger partial charge in [0.25, 0.3) is 5.91 Å². The Morgan fingerprint density at radius 3 is 2.38 bits per heavy atom. The summed E-state index contributed by atoms with van der Waals surface area (Å²) in [5.74, 6) is 0.510. The molecule has 1 fully saturated rings. The Balaban J connectivity index is 1.51. The van der Waals surface area contributed by atoms with Crippen LogP contribution in [0.2, 0.25) is 0 Å². The highest BCUT2D eigenvalue weighted by Gasteiger charge is 2.11. The molecule has 138 valence electrons.